The van der Waals surface area contributed by atoms with Crippen molar-refractivity contribution in [1.29, 1.82) is 0 Å². The third-order valence-corrected chi connectivity index (χ3v) is 3.17. The first kappa shape index (κ1) is 15.6. The normalized spacial score (nSPS) is 11.4. The minimum Gasteiger partial charge on any atom is -0.311 e. The van der Waals surface area contributed by atoms with Crippen LogP contribution < -0.4 is 5.32 Å². The molecule has 1 aromatic heterocycles. The molecule has 1 amide bonds. The van der Waals surface area contributed by atoms with Crippen LogP contribution in [-0.2, 0) is 11.3 Å². The van der Waals surface area contributed by atoms with Gasteiger partial charge in [-0.2, -0.15) is 5.10 Å². The molecule has 0 saturated heterocycles. The van der Waals surface area contributed by atoms with Crippen LogP contribution in [0.15, 0.2) is 36.5 Å². The number of rotatable bonds is 4. The Morgan fingerprint density at radius 1 is 1.24 bits per heavy atom. The van der Waals surface area contributed by atoms with E-state index >= 15 is 0 Å². The van der Waals surface area contributed by atoms with Crippen LogP contribution in [0.1, 0.15) is 32.8 Å². The van der Waals surface area contributed by atoms with Crippen molar-refractivity contribution in [3.63, 3.8) is 0 Å². The molecule has 2 aromatic rings. The zero-order valence-electron chi connectivity index (χ0n) is 12.6. The fraction of sp³-hybridized carbons (Fsp3) is 0.375. The van der Waals surface area contributed by atoms with Crippen molar-refractivity contribution in [2.75, 3.05) is 5.32 Å². The highest BCUT2D eigenvalue weighted by atomic mass is 35.5. The molecule has 0 aliphatic carbocycles. The Labute approximate surface area is 130 Å². The predicted octanol–water partition coefficient (Wildman–Crippen LogP) is 3.96. The fourth-order valence-electron chi connectivity index (χ4n) is 2.00. The molecule has 21 heavy (non-hydrogen) atoms. The van der Waals surface area contributed by atoms with Crippen molar-refractivity contribution < 1.29 is 4.79 Å². The van der Waals surface area contributed by atoms with Gasteiger partial charge in [0.1, 0.15) is 5.82 Å². The highest BCUT2D eigenvalue weighted by Crippen LogP contribution is 2.20. The van der Waals surface area contributed by atoms with Crippen molar-refractivity contribution >= 4 is 23.3 Å². The second-order valence-electron chi connectivity index (χ2n) is 6.29. The third-order valence-electron chi connectivity index (χ3n) is 2.92. The summed E-state index contributed by atoms with van der Waals surface area (Å²) in [5.41, 5.74) is 1.04. The first-order valence-corrected chi connectivity index (χ1v) is 7.27. The molecule has 0 atom stereocenters. The van der Waals surface area contributed by atoms with Crippen molar-refractivity contribution in [1.82, 2.24) is 9.78 Å². The number of anilines is 1. The molecule has 0 bridgehead atoms. The lowest BCUT2D eigenvalue weighted by molar-refractivity contribution is -0.117. The number of hydrogen-bond acceptors (Lipinski definition) is 2. The summed E-state index contributed by atoms with van der Waals surface area (Å²) >= 11 is 5.88. The molecule has 5 heteroatoms. The minimum atomic E-state index is -0.0366. The molecule has 112 valence electrons. The van der Waals surface area contributed by atoms with E-state index in [1.807, 2.05) is 45.0 Å². The lowest BCUT2D eigenvalue weighted by Gasteiger charge is -2.17. The summed E-state index contributed by atoms with van der Waals surface area (Å²) in [5.74, 6) is 0.708. The average Bonchev–Trinajstić information content (AvgIpc) is 2.77. The third kappa shape index (κ3) is 4.90. The van der Waals surface area contributed by atoms with E-state index < -0.39 is 0 Å². The number of hydrogen-bond donors (Lipinski definition) is 1. The van der Waals surface area contributed by atoms with Crippen LogP contribution in [0.4, 0.5) is 5.82 Å². The van der Waals surface area contributed by atoms with Crippen LogP contribution in [0.5, 0.6) is 0 Å². The Balaban J connectivity index is 2.05. The summed E-state index contributed by atoms with van der Waals surface area (Å²) in [4.78, 5) is 12.0. The summed E-state index contributed by atoms with van der Waals surface area (Å²) in [6.45, 7) is 6.71. The van der Waals surface area contributed by atoms with E-state index in [4.69, 9.17) is 11.6 Å². The second kappa shape index (κ2) is 6.31. The minimum absolute atomic E-state index is 0.000330. The maximum absolute atomic E-state index is 12.0. The van der Waals surface area contributed by atoms with Crippen LogP contribution in [0, 0.1) is 5.41 Å². The number of carbonyl (C=O) groups excluding carboxylic acids is 1. The van der Waals surface area contributed by atoms with E-state index in [0.29, 0.717) is 23.8 Å². The molecule has 1 N–H and O–H groups in total. The number of carbonyl (C=O) groups is 1. The topological polar surface area (TPSA) is 46.9 Å². The summed E-state index contributed by atoms with van der Waals surface area (Å²) in [6.07, 6.45) is 2.15. The zero-order chi connectivity index (χ0) is 15.5. The Morgan fingerprint density at radius 2 is 1.90 bits per heavy atom. The molecular weight excluding hydrogens is 286 g/mol. The molecule has 0 spiro atoms. The number of aromatic nitrogens is 2. The van der Waals surface area contributed by atoms with Crippen LogP contribution in [0.3, 0.4) is 0 Å². The van der Waals surface area contributed by atoms with Gasteiger partial charge in [0.15, 0.2) is 0 Å². The summed E-state index contributed by atoms with van der Waals surface area (Å²) in [6, 6.07) is 9.39. The molecular formula is C16H20ClN3O. The largest absolute Gasteiger partial charge is 0.311 e. The van der Waals surface area contributed by atoms with Crippen LogP contribution in [0.2, 0.25) is 5.02 Å². The van der Waals surface area contributed by atoms with E-state index in [0.717, 1.165) is 5.56 Å². The molecule has 0 unspecified atom stereocenters. The van der Waals surface area contributed by atoms with Gasteiger partial charge >= 0.3 is 0 Å². The average molecular weight is 306 g/mol. The quantitative estimate of drug-likeness (QED) is 0.929. The second-order valence-corrected chi connectivity index (χ2v) is 6.72. The summed E-state index contributed by atoms with van der Waals surface area (Å²) < 4.78 is 1.77. The molecule has 0 aliphatic rings. The Bertz CT molecular complexity index is 611. The van der Waals surface area contributed by atoms with Gasteiger partial charge < -0.3 is 5.32 Å². The maximum Gasteiger partial charge on any atom is 0.226 e. The van der Waals surface area contributed by atoms with E-state index in [2.05, 4.69) is 10.4 Å². The van der Waals surface area contributed by atoms with Crippen molar-refractivity contribution in [3.05, 3.63) is 47.1 Å². The summed E-state index contributed by atoms with van der Waals surface area (Å²) in [7, 11) is 0. The first-order chi connectivity index (χ1) is 9.83. The standard InChI is InChI=1S/C16H20ClN3O/c1-16(2,3)10-15(21)19-14-8-9-18-20(14)11-12-4-6-13(17)7-5-12/h4-9H,10-11H2,1-3H3,(H,19,21). The van der Waals surface area contributed by atoms with Gasteiger partial charge in [0.25, 0.3) is 0 Å². The van der Waals surface area contributed by atoms with Gasteiger partial charge in [0, 0.05) is 17.5 Å². The molecule has 2 rings (SSSR count). The molecule has 1 aromatic carbocycles. The monoisotopic (exact) mass is 305 g/mol. The molecule has 0 aliphatic heterocycles. The van der Waals surface area contributed by atoms with Gasteiger partial charge in [-0.05, 0) is 23.1 Å². The van der Waals surface area contributed by atoms with E-state index in [9.17, 15) is 4.79 Å². The van der Waals surface area contributed by atoms with Gasteiger partial charge in [0.05, 0.1) is 12.7 Å². The zero-order valence-corrected chi connectivity index (χ0v) is 13.3. The maximum atomic E-state index is 12.0. The summed E-state index contributed by atoms with van der Waals surface area (Å²) in [5, 5.41) is 7.87. The van der Waals surface area contributed by atoms with Crippen molar-refractivity contribution in [3.8, 4) is 0 Å². The Hall–Kier alpha value is -1.81. The van der Waals surface area contributed by atoms with E-state index in [-0.39, 0.29) is 11.3 Å². The molecule has 0 fully saturated rings. The van der Waals surface area contributed by atoms with E-state index in [1.165, 1.54) is 0 Å². The Kier molecular flexibility index (Phi) is 4.68. The first-order valence-electron chi connectivity index (χ1n) is 6.90. The van der Waals surface area contributed by atoms with Crippen LogP contribution in [0.25, 0.3) is 0 Å². The lowest BCUT2D eigenvalue weighted by atomic mass is 9.92. The van der Waals surface area contributed by atoms with Crippen molar-refractivity contribution in [2.24, 2.45) is 5.41 Å². The lowest BCUT2D eigenvalue weighted by Crippen LogP contribution is -2.21. The number of benzene rings is 1. The number of nitrogens with zero attached hydrogens (tertiary/aromatic N) is 2. The highest BCUT2D eigenvalue weighted by Gasteiger charge is 2.17. The van der Waals surface area contributed by atoms with Gasteiger partial charge in [0.2, 0.25) is 5.91 Å². The predicted molar refractivity (Wildman–Crippen MR) is 85.5 cm³/mol. The van der Waals surface area contributed by atoms with E-state index in [1.54, 1.807) is 16.9 Å². The van der Waals surface area contributed by atoms with Gasteiger partial charge in [-0.1, -0.05) is 44.5 Å². The fourth-order valence-corrected chi connectivity index (χ4v) is 2.12. The Morgan fingerprint density at radius 3 is 2.52 bits per heavy atom. The number of amides is 1. The van der Waals surface area contributed by atoms with Gasteiger partial charge in [-0.15, -0.1) is 0 Å². The number of nitrogens with one attached hydrogen (secondary N) is 1. The van der Waals surface area contributed by atoms with Gasteiger partial charge in [-0.3, -0.25) is 4.79 Å². The highest BCUT2D eigenvalue weighted by molar-refractivity contribution is 6.30. The van der Waals surface area contributed by atoms with Crippen LogP contribution in [-0.4, -0.2) is 15.7 Å². The molecule has 4 nitrogen and oxygen atoms in total. The molecule has 0 saturated carbocycles. The smallest absolute Gasteiger partial charge is 0.226 e. The molecule has 0 radical (unpaired) electrons. The van der Waals surface area contributed by atoms with Crippen LogP contribution >= 0.6 is 11.6 Å². The SMILES string of the molecule is CC(C)(C)CC(=O)Nc1ccnn1Cc1ccc(Cl)cc1. The van der Waals surface area contributed by atoms with Crippen molar-refractivity contribution in [2.45, 2.75) is 33.7 Å². The van der Waals surface area contributed by atoms with Gasteiger partial charge in [-0.25, -0.2) is 4.68 Å². The molecule has 1 heterocycles. The number of halogens is 1.